The van der Waals surface area contributed by atoms with E-state index in [1.165, 1.54) is 6.92 Å². The molecule has 0 fully saturated rings. The van der Waals surface area contributed by atoms with Crippen LogP contribution in [0.1, 0.15) is 6.92 Å². The summed E-state index contributed by atoms with van der Waals surface area (Å²) in [7, 11) is 0. The minimum atomic E-state index is -1.03. The number of hydrogen-bond donors (Lipinski definition) is 1. The first kappa shape index (κ1) is 13.2. The molecule has 2 aromatic rings. The lowest BCUT2D eigenvalue weighted by atomic mass is 10.3. The average molecular weight is 279 g/mol. The summed E-state index contributed by atoms with van der Waals surface area (Å²) in [5, 5.41) is 13.5. The summed E-state index contributed by atoms with van der Waals surface area (Å²) in [6, 6.07) is 8.79. The van der Waals surface area contributed by atoms with Crippen LogP contribution < -0.4 is 4.74 Å². The van der Waals surface area contributed by atoms with Gasteiger partial charge in [0.2, 0.25) is 5.88 Å². The molecular weight excluding hydrogens is 268 g/mol. The number of hydrogen-bond acceptors (Lipinski definition) is 3. The number of benzene rings is 1. The topological polar surface area (TPSA) is 64.4 Å². The lowest BCUT2D eigenvalue weighted by molar-refractivity contribution is -0.132. The van der Waals surface area contributed by atoms with Crippen LogP contribution in [0.25, 0.3) is 5.69 Å². The Morgan fingerprint density at radius 1 is 1.37 bits per heavy atom. The molecule has 0 radical (unpaired) electrons. The van der Waals surface area contributed by atoms with Crippen molar-refractivity contribution in [1.29, 1.82) is 0 Å². The highest BCUT2D eigenvalue weighted by atomic mass is 35.5. The van der Waals surface area contributed by atoms with Gasteiger partial charge in [0, 0.05) is 17.3 Å². The Balaban J connectivity index is 2.13. The molecular formula is C13H11ClN2O3. The van der Waals surface area contributed by atoms with Gasteiger partial charge >= 0.3 is 5.97 Å². The van der Waals surface area contributed by atoms with Crippen LogP contribution in [-0.2, 0) is 4.79 Å². The van der Waals surface area contributed by atoms with Crippen LogP contribution in [0.15, 0.2) is 48.4 Å². The Labute approximate surface area is 114 Å². The average Bonchev–Trinajstić information content (AvgIpc) is 2.85. The van der Waals surface area contributed by atoms with E-state index >= 15 is 0 Å². The second kappa shape index (κ2) is 5.58. The molecule has 0 spiro atoms. The van der Waals surface area contributed by atoms with Crippen LogP contribution >= 0.6 is 11.6 Å². The number of aromatic nitrogens is 2. The van der Waals surface area contributed by atoms with Crippen molar-refractivity contribution in [2.45, 2.75) is 6.92 Å². The summed E-state index contributed by atoms with van der Waals surface area (Å²) in [6.45, 7) is 1.44. The summed E-state index contributed by atoms with van der Waals surface area (Å²) in [4.78, 5) is 10.6. The minimum Gasteiger partial charge on any atom is -0.478 e. The number of aliphatic carboxylic acids is 1. The molecule has 0 saturated heterocycles. The van der Waals surface area contributed by atoms with Crippen molar-refractivity contribution in [2.24, 2.45) is 0 Å². The monoisotopic (exact) mass is 278 g/mol. The van der Waals surface area contributed by atoms with Gasteiger partial charge in [0.15, 0.2) is 0 Å². The van der Waals surface area contributed by atoms with Crippen LogP contribution in [0.4, 0.5) is 0 Å². The molecule has 0 unspecified atom stereocenters. The molecule has 6 heteroatoms. The summed E-state index contributed by atoms with van der Waals surface area (Å²) >= 11 is 5.80. The molecule has 1 heterocycles. The second-order valence-corrected chi connectivity index (χ2v) is 4.24. The fraction of sp³-hybridized carbons (Fsp3) is 0.0769. The quantitative estimate of drug-likeness (QED) is 0.690. The zero-order chi connectivity index (χ0) is 13.8. The van der Waals surface area contributed by atoms with E-state index in [-0.39, 0.29) is 5.57 Å². The molecule has 0 aliphatic carbocycles. The molecule has 1 aromatic carbocycles. The maximum Gasteiger partial charge on any atom is 0.334 e. The predicted molar refractivity (Wildman–Crippen MR) is 70.6 cm³/mol. The van der Waals surface area contributed by atoms with Gasteiger partial charge in [-0.05, 0) is 31.2 Å². The molecule has 0 bridgehead atoms. The summed E-state index contributed by atoms with van der Waals surface area (Å²) < 4.78 is 6.76. The number of carboxylic acids is 1. The zero-order valence-electron chi connectivity index (χ0n) is 10.1. The van der Waals surface area contributed by atoms with Gasteiger partial charge in [-0.1, -0.05) is 11.6 Å². The fourth-order valence-electron chi connectivity index (χ4n) is 1.31. The van der Waals surface area contributed by atoms with Crippen molar-refractivity contribution >= 4 is 17.6 Å². The van der Waals surface area contributed by atoms with E-state index in [2.05, 4.69) is 5.10 Å². The summed E-state index contributed by atoms with van der Waals surface area (Å²) in [5.41, 5.74) is 0.930. The van der Waals surface area contributed by atoms with Gasteiger partial charge in [-0.15, -0.1) is 5.10 Å². The van der Waals surface area contributed by atoms with Crippen molar-refractivity contribution < 1.29 is 14.6 Å². The molecule has 0 aliphatic heterocycles. The minimum absolute atomic E-state index is 0.0982. The van der Waals surface area contributed by atoms with Gasteiger partial charge in [-0.2, -0.15) is 0 Å². The number of nitrogens with zero attached hydrogens (tertiary/aromatic N) is 2. The SMILES string of the molecule is CC(=COc1ccn(-c2ccc(Cl)cc2)n1)C(=O)O. The van der Waals surface area contributed by atoms with E-state index in [0.717, 1.165) is 11.9 Å². The first-order valence-corrected chi connectivity index (χ1v) is 5.82. The molecule has 0 saturated carbocycles. The molecule has 0 aliphatic rings. The van der Waals surface area contributed by atoms with Crippen LogP contribution in [-0.4, -0.2) is 20.9 Å². The number of halogens is 1. The molecule has 1 N–H and O–H groups in total. The fourth-order valence-corrected chi connectivity index (χ4v) is 1.43. The van der Waals surface area contributed by atoms with Gasteiger partial charge in [-0.3, -0.25) is 0 Å². The molecule has 19 heavy (non-hydrogen) atoms. The first-order chi connectivity index (χ1) is 9.06. The van der Waals surface area contributed by atoms with E-state index in [4.69, 9.17) is 21.4 Å². The van der Waals surface area contributed by atoms with Crippen molar-refractivity contribution in [1.82, 2.24) is 9.78 Å². The highest BCUT2D eigenvalue weighted by Gasteiger charge is 2.03. The maximum absolute atomic E-state index is 10.6. The third kappa shape index (κ3) is 3.35. The van der Waals surface area contributed by atoms with Gasteiger partial charge in [0.25, 0.3) is 0 Å². The van der Waals surface area contributed by atoms with E-state index in [1.54, 1.807) is 29.1 Å². The lowest BCUT2D eigenvalue weighted by Gasteiger charge is -2.00. The van der Waals surface area contributed by atoms with Crippen LogP contribution in [0.5, 0.6) is 5.88 Å². The Hall–Kier alpha value is -2.27. The maximum atomic E-state index is 10.6. The Kier molecular flexibility index (Phi) is 3.87. The van der Waals surface area contributed by atoms with Gasteiger partial charge in [-0.25, -0.2) is 9.48 Å². The highest BCUT2D eigenvalue weighted by Crippen LogP contribution is 2.15. The van der Waals surface area contributed by atoms with Crippen molar-refractivity contribution in [3.05, 3.63) is 53.4 Å². The zero-order valence-corrected chi connectivity index (χ0v) is 10.8. The molecule has 0 amide bonds. The Morgan fingerprint density at radius 3 is 2.68 bits per heavy atom. The molecule has 98 valence electrons. The third-order valence-corrected chi connectivity index (χ3v) is 2.60. The van der Waals surface area contributed by atoms with Crippen molar-refractivity contribution in [2.75, 3.05) is 0 Å². The Bertz CT molecular complexity index is 617. The first-order valence-electron chi connectivity index (χ1n) is 5.44. The van der Waals surface area contributed by atoms with E-state index in [9.17, 15) is 4.79 Å². The molecule has 0 atom stereocenters. The largest absolute Gasteiger partial charge is 0.478 e. The number of carbonyl (C=O) groups is 1. The van der Waals surface area contributed by atoms with Gasteiger partial charge in [0.1, 0.15) is 6.26 Å². The third-order valence-electron chi connectivity index (χ3n) is 2.35. The lowest BCUT2D eigenvalue weighted by Crippen LogP contribution is -1.99. The molecule has 1 aromatic heterocycles. The highest BCUT2D eigenvalue weighted by molar-refractivity contribution is 6.30. The summed E-state index contributed by atoms with van der Waals surface area (Å²) in [6.07, 6.45) is 2.86. The predicted octanol–water partition coefficient (Wildman–Crippen LogP) is 2.89. The Morgan fingerprint density at radius 2 is 2.05 bits per heavy atom. The number of ether oxygens (including phenoxy) is 1. The van der Waals surface area contributed by atoms with E-state index in [0.29, 0.717) is 10.9 Å². The van der Waals surface area contributed by atoms with E-state index in [1.807, 2.05) is 12.1 Å². The van der Waals surface area contributed by atoms with E-state index < -0.39 is 5.97 Å². The van der Waals surface area contributed by atoms with Crippen molar-refractivity contribution in [3.63, 3.8) is 0 Å². The van der Waals surface area contributed by atoms with Crippen LogP contribution in [0, 0.1) is 0 Å². The smallest absolute Gasteiger partial charge is 0.334 e. The van der Waals surface area contributed by atoms with Gasteiger partial charge < -0.3 is 9.84 Å². The van der Waals surface area contributed by atoms with Crippen molar-refractivity contribution in [3.8, 4) is 11.6 Å². The second-order valence-electron chi connectivity index (χ2n) is 3.80. The normalized spacial score (nSPS) is 11.4. The van der Waals surface area contributed by atoms with Crippen LogP contribution in [0.2, 0.25) is 5.02 Å². The van der Waals surface area contributed by atoms with Crippen LogP contribution in [0.3, 0.4) is 0 Å². The number of carboxylic acid groups (broad SMARTS) is 1. The molecule has 5 nitrogen and oxygen atoms in total. The number of rotatable bonds is 4. The van der Waals surface area contributed by atoms with Gasteiger partial charge in [0.05, 0.1) is 11.3 Å². The summed E-state index contributed by atoms with van der Waals surface area (Å²) in [5.74, 6) is -0.715. The molecule has 2 rings (SSSR count). The standard InChI is InChI=1S/C13H11ClN2O3/c1-9(13(17)18)8-19-12-6-7-16(15-12)11-4-2-10(14)3-5-11/h2-8H,1H3,(H,17,18).